The van der Waals surface area contributed by atoms with Gasteiger partial charge in [0.25, 0.3) is 11.8 Å². The number of benzene rings is 1. The summed E-state index contributed by atoms with van der Waals surface area (Å²) < 4.78 is 3.80. The predicted octanol–water partition coefficient (Wildman–Crippen LogP) is 1.74. The Hall–Kier alpha value is -3.09. The molecule has 0 aliphatic carbocycles. The Balaban J connectivity index is 1.33. The zero-order chi connectivity index (χ0) is 18.1. The van der Waals surface area contributed by atoms with Crippen LogP contribution in [0, 0.1) is 0 Å². The number of amides is 2. The zero-order valence-corrected chi connectivity index (χ0v) is 14.7. The van der Waals surface area contributed by atoms with Crippen LogP contribution in [0.1, 0.15) is 27.4 Å². The summed E-state index contributed by atoms with van der Waals surface area (Å²) in [5, 5.41) is 8.37. The van der Waals surface area contributed by atoms with Crippen molar-refractivity contribution in [1.29, 1.82) is 0 Å². The quantitative estimate of drug-likeness (QED) is 0.712. The number of hydrogen-bond acceptors (Lipinski definition) is 3. The molecule has 0 fully saturated rings. The number of carbonyl (C=O) groups is 2. The normalized spacial score (nSPS) is 13.9. The molecule has 134 valence electrons. The molecule has 0 unspecified atom stereocenters. The van der Waals surface area contributed by atoms with Gasteiger partial charge >= 0.3 is 0 Å². The van der Waals surface area contributed by atoms with E-state index in [4.69, 9.17) is 0 Å². The van der Waals surface area contributed by atoms with E-state index in [9.17, 15) is 9.59 Å². The van der Waals surface area contributed by atoms with Crippen molar-refractivity contribution >= 4 is 22.7 Å². The van der Waals surface area contributed by atoms with Crippen LogP contribution < -0.4 is 5.32 Å². The van der Waals surface area contributed by atoms with Crippen LogP contribution in [-0.4, -0.2) is 51.2 Å². The first-order valence-corrected chi connectivity index (χ1v) is 8.79. The highest BCUT2D eigenvalue weighted by atomic mass is 16.2. The van der Waals surface area contributed by atoms with Crippen molar-refractivity contribution in [2.24, 2.45) is 0 Å². The molecule has 1 N–H and O–H groups in total. The Bertz CT molecular complexity index is 971. The molecule has 2 amide bonds. The lowest BCUT2D eigenvalue weighted by Gasteiger charge is -2.22. The lowest BCUT2D eigenvalue weighted by Crippen LogP contribution is -2.37. The fourth-order valence-corrected chi connectivity index (χ4v) is 3.29. The number of nitrogens with zero attached hydrogens (tertiary/aromatic N) is 4. The van der Waals surface area contributed by atoms with Gasteiger partial charge in [0.2, 0.25) is 0 Å². The largest absolute Gasteiger partial charge is 0.351 e. The molecule has 3 aromatic rings. The van der Waals surface area contributed by atoms with Crippen LogP contribution in [-0.2, 0) is 13.1 Å². The lowest BCUT2D eigenvalue weighted by atomic mass is 10.2. The number of nitrogens with one attached hydrogen (secondary N) is 1. The Morgan fingerprint density at radius 1 is 1.23 bits per heavy atom. The minimum absolute atomic E-state index is 0.0951. The molecule has 0 bridgehead atoms. The van der Waals surface area contributed by atoms with Crippen LogP contribution in [0.3, 0.4) is 0 Å². The van der Waals surface area contributed by atoms with Gasteiger partial charge in [-0.1, -0.05) is 18.2 Å². The van der Waals surface area contributed by atoms with E-state index in [0.29, 0.717) is 31.0 Å². The van der Waals surface area contributed by atoms with Crippen molar-refractivity contribution in [2.45, 2.75) is 19.5 Å². The minimum atomic E-state index is -0.236. The number of para-hydroxylation sites is 1. The first kappa shape index (κ1) is 16.4. The van der Waals surface area contributed by atoms with Gasteiger partial charge in [-0.15, -0.1) is 0 Å². The molecular weight excluding hydrogens is 330 g/mol. The maximum atomic E-state index is 12.3. The monoisotopic (exact) mass is 351 g/mol. The van der Waals surface area contributed by atoms with Gasteiger partial charge in [-0.25, -0.2) is 0 Å². The minimum Gasteiger partial charge on any atom is -0.351 e. The van der Waals surface area contributed by atoms with Crippen LogP contribution in [0.25, 0.3) is 10.9 Å². The van der Waals surface area contributed by atoms with Crippen molar-refractivity contribution in [3.8, 4) is 0 Å². The smallest absolute Gasteiger partial charge is 0.271 e. The molecule has 1 aliphatic rings. The molecule has 1 aromatic carbocycles. The summed E-state index contributed by atoms with van der Waals surface area (Å²) in [5.41, 5.74) is 1.97. The van der Waals surface area contributed by atoms with E-state index in [-0.39, 0.29) is 11.8 Å². The average Bonchev–Trinajstić information content (AvgIpc) is 3.27. The van der Waals surface area contributed by atoms with E-state index in [1.165, 1.54) is 10.9 Å². The van der Waals surface area contributed by atoms with Crippen LogP contribution in [0.4, 0.5) is 0 Å². The molecule has 2 aromatic heterocycles. The highest BCUT2D eigenvalue weighted by molar-refractivity contribution is 5.98. The Kier molecular flexibility index (Phi) is 4.20. The van der Waals surface area contributed by atoms with E-state index in [0.717, 1.165) is 13.0 Å². The summed E-state index contributed by atoms with van der Waals surface area (Å²) in [5.74, 6) is -0.331. The van der Waals surface area contributed by atoms with Gasteiger partial charge in [-0.05, 0) is 23.9 Å². The van der Waals surface area contributed by atoms with Crippen LogP contribution >= 0.6 is 0 Å². The molecule has 0 saturated carbocycles. The fraction of sp³-hybridized carbons (Fsp3) is 0.316. The Morgan fingerprint density at radius 2 is 2.08 bits per heavy atom. The molecule has 26 heavy (non-hydrogen) atoms. The summed E-state index contributed by atoms with van der Waals surface area (Å²) in [6.07, 6.45) is 2.89. The number of fused-ring (bicyclic) bond motifs is 2. The Labute approximate surface area is 151 Å². The number of aromatic nitrogens is 3. The van der Waals surface area contributed by atoms with Gasteiger partial charge in [-0.2, -0.15) is 5.10 Å². The molecule has 7 heteroatoms. The number of likely N-dealkylation sites (N-methyl/N-ethyl adjacent to an activating group) is 1. The average molecular weight is 351 g/mol. The third kappa shape index (κ3) is 2.96. The number of carbonyl (C=O) groups excluding carboxylic acids is 2. The summed E-state index contributed by atoms with van der Waals surface area (Å²) in [4.78, 5) is 26.0. The van der Waals surface area contributed by atoms with Gasteiger partial charge in [0.05, 0.1) is 6.54 Å². The van der Waals surface area contributed by atoms with Crippen LogP contribution in [0.5, 0.6) is 0 Å². The number of rotatable bonds is 5. The summed E-state index contributed by atoms with van der Waals surface area (Å²) >= 11 is 0. The molecule has 4 rings (SSSR count). The van der Waals surface area contributed by atoms with Gasteiger partial charge in [-0.3, -0.25) is 14.3 Å². The zero-order valence-electron chi connectivity index (χ0n) is 14.7. The van der Waals surface area contributed by atoms with Crippen molar-refractivity contribution in [2.75, 3.05) is 20.1 Å². The molecule has 3 heterocycles. The molecular formula is C19H21N5O2. The van der Waals surface area contributed by atoms with Crippen LogP contribution in [0.2, 0.25) is 0 Å². The molecule has 0 spiro atoms. The highest BCUT2D eigenvalue weighted by Crippen LogP contribution is 2.15. The molecule has 0 saturated heterocycles. The van der Waals surface area contributed by atoms with Crippen molar-refractivity contribution in [3.05, 3.63) is 54.0 Å². The molecule has 7 nitrogen and oxygen atoms in total. The second-order valence-corrected chi connectivity index (χ2v) is 6.54. The lowest BCUT2D eigenvalue weighted by molar-refractivity contribution is 0.0742. The molecule has 0 atom stereocenters. The second-order valence-electron chi connectivity index (χ2n) is 6.54. The van der Waals surface area contributed by atoms with Gasteiger partial charge in [0, 0.05) is 44.5 Å². The topological polar surface area (TPSA) is 72.2 Å². The number of hydrogen-bond donors (Lipinski definition) is 1. The van der Waals surface area contributed by atoms with Gasteiger partial charge < -0.3 is 14.8 Å². The van der Waals surface area contributed by atoms with Crippen molar-refractivity contribution in [1.82, 2.24) is 24.6 Å². The van der Waals surface area contributed by atoms with Gasteiger partial charge in [0.1, 0.15) is 5.69 Å². The van der Waals surface area contributed by atoms with Crippen molar-refractivity contribution in [3.63, 3.8) is 0 Å². The SMILES string of the molecule is CN1CCn2nc(C(=O)NCCCn3ccc4ccccc43)cc2C1=O. The Morgan fingerprint density at radius 3 is 2.96 bits per heavy atom. The van der Waals surface area contributed by atoms with Gasteiger partial charge in [0.15, 0.2) is 5.69 Å². The third-order valence-electron chi connectivity index (χ3n) is 4.77. The summed E-state index contributed by atoms with van der Waals surface area (Å²) in [6, 6.07) is 11.9. The molecule has 0 radical (unpaired) electrons. The third-order valence-corrected chi connectivity index (χ3v) is 4.77. The van der Waals surface area contributed by atoms with Crippen molar-refractivity contribution < 1.29 is 9.59 Å². The van der Waals surface area contributed by atoms with E-state index < -0.39 is 0 Å². The van der Waals surface area contributed by atoms with E-state index in [2.05, 4.69) is 39.4 Å². The second kappa shape index (κ2) is 6.67. The highest BCUT2D eigenvalue weighted by Gasteiger charge is 2.25. The summed E-state index contributed by atoms with van der Waals surface area (Å²) in [7, 11) is 1.75. The number of aryl methyl sites for hydroxylation is 1. The predicted molar refractivity (Wildman–Crippen MR) is 98.1 cm³/mol. The maximum Gasteiger partial charge on any atom is 0.271 e. The van der Waals surface area contributed by atoms with E-state index >= 15 is 0 Å². The first-order chi connectivity index (χ1) is 12.6. The van der Waals surface area contributed by atoms with Crippen LogP contribution in [0.15, 0.2) is 42.6 Å². The summed E-state index contributed by atoms with van der Waals surface area (Å²) in [6.45, 7) is 2.61. The van der Waals surface area contributed by atoms with E-state index in [1.807, 2.05) is 12.1 Å². The standard InChI is InChI=1S/C19H21N5O2/c1-22-11-12-24-17(19(22)26)13-15(21-24)18(25)20-8-4-9-23-10-7-14-5-2-3-6-16(14)23/h2-3,5-7,10,13H,4,8-9,11-12H2,1H3,(H,20,25). The maximum absolute atomic E-state index is 12.3. The first-order valence-electron chi connectivity index (χ1n) is 8.79. The fourth-order valence-electron chi connectivity index (χ4n) is 3.29. The van der Waals surface area contributed by atoms with E-state index in [1.54, 1.807) is 22.7 Å². The molecule has 1 aliphatic heterocycles.